The van der Waals surface area contributed by atoms with Gasteiger partial charge in [0, 0.05) is 18.8 Å². The Bertz CT molecular complexity index is 998. The lowest BCUT2D eigenvalue weighted by Gasteiger charge is -2.21. The number of benzene rings is 2. The zero-order chi connectivity index (χ0) is 23.1. The first kappa shape index (κ1) is 23.8. The summed E-state index contributed by atoms with van der Waals surface area (Å²) in [6.45, 7) is 11.0. The molecule has 0 fully saturated rings. The van der Waals surface area contributed by atoms with Gasteiger partial charge >= 0.3 is 0 Å². The third kappa shape index (κ3) is 7.11. The quantitative estimate of drug-likeness (QED) is 0.490. The average Bonchev–Trinajstić information content (AvgIpc) is 3.05. The van der Waals surface area contributed by atoms with Crippen LogP contribution in [-0.2, 0) is 13.1 Å². The van der Waals surface area contributed by atoms with E-state index in [0.29, 0.717) is 13.2 Å². The molecule has 0 spiro atoms. The molecule has 0 saturated heterocycles. The first-order chi connectivity index (χ1) is 15.3. The predicted molar refractivity (Wildman–Crippen MR) is 127 cm³/mol. The van der Waals surface area contributed by atoms with E-state index in [1.54, 1.807) is 0 Å². The number of nitrogens with zero attached hydrogens (tertiary/aromatic N) is 3. The van der Waals surface area contributed by atoms with E-state index in [-0.39, 0.29) is 6.61 Å². The zero-order valence-corrected chi connectivity index (χ0v) is 19.8. The zero-order valence-electron chi connectivity index (χ0n) is 19.8. The topological polar surface area (TPSA) is 59.8 Å². The largest absolute Gasteiger partial charge is 0.492 e. The van der Waals surface area contributed by atoms with Gasteiger partial charge in [0.25, 0.3) is 0 Å². The van der Waals surface area contributed by atoms with E-state index in [9.17, 15) is 5.11 Å². The van der Waals surface area contributed by atoms with Crippen LogP contribution < -0.4 is 9.47 Å². The van der Waals surface area contributed by atoms with Gasteiger partial charge in [0.2, 0.25) is 0 Å². The van der Waals surface area contributed by atoms with Crippen LogP contribution in [-0.4, -0.2) is 52.7 Å². The van der Waals surface area contributed by atoms with Crippen LogP contribution in [0.5, 0.6) is 11.5 Å². The average molecular weight is 438 g/mol. The van der Waals surface area contributed by atoms with Gasteiger partial charge in [-0.2, -0.15) is 5.10 Å². The van der Waals surface area contributed by atoms with Crippen LogP contribution in [0.25, 0.3) is 0 Å². The van der Waals surface area contributed by atoms with E-state index in [2.05, 4.69) is 48.1 Å². The van der Waals surface area contributed by atoms with E-state index in [4.69, 9.17) is 9.47 Å². The standard InChI is InChI=1S/C26H35N3O3/c1-19-6-11-26(20(2)14-19)32-18-24(30)17-28(5)16-23-7-9-25(10-8-23)31-13-12-29-22(4)15-21(3)27-29/h6-11,14-15,24,30H,12-13,16-18H2,1-5H3. The molecule has 1 unspecified atom stereocenters. The predicted octanol–water partition coefficient (Wildman–Crippen LogP) is 4.07. The van der Waals surface area contributed by atoms with Gasteiger partial charge in [-0.05, 0) is 70.1 Å². The van der Waals surface area contributed by atoms with Crippen LogP contribution in [0.15, 0.2) is 48.5 Å². The van der Waals surface area contributed by atoms with Crippen molar-refractivity contribution in [3.05, 3.63) is 76.6 Å². The second kappa shape index (κ2) is 11.2. The van der Waals surface area contributed by atoms with Crippen LogP contribution in [0.4, 0.5) is 0 Å². The SMILES string of the molecule is Cc1ccc(OCC(O)CN(C)Cc2ccc(OCCn3nc(C)cc3C)cc2)c(C)c1. The van der Waals surface area contributed by atoms with Crippen molar-refractivity contribution in [3.63, 3.8) is 0 Å². The van der Waals surface area contributed by atoms with Gasteiger partial charge in [-0.15, -0.1) is 0 Å². The molecule has 32 heavy (non-hydrogen) atoms. The molecule has 1 N–H and O–H groups in total. The minimum atomic E-state index is -0.558. The number of rotatable bonds is 11. The molecule has 172 valence electrons. The fourth-order valence-electron chi connectivity index (χ4n) is 3.78. The number of hydrogen-bond donors (Lipinski definition) is 1. The van der Waals surface area contributed by atoms with Crippen molar-refractivity contribution in [1.29, 1.82) is 0 Å². The minimum Gasteiger partial charge on any atom is -0.492 e. The molecule has 0 aliphatic rings. The van der Waals surface area contributed by atoms with Crippen molar-refractivity contribution in [2.45, 2.75) is 46.9 Å². The van der Waals surface area contributed by atoms with E-state index >= 15 is 0 Å². The Morgan fingerprint density at radius 3 is 2.41 bits per heavy atom. The maximum atomic E-state index is 10.4. The molecule has 0 aliphatic carbocycles. The molecular formula is C26H35N3O3. The highest BCUT2D eigenvalue weighted by Gasteiger charge is 2.11. The molecule has 2 aromatic carbocycles. The fraction of sp³-hybridized carbons (Fsp3) is 0.423. The second-order valence-electron chi connectivity index (χ2n) is 8.57. The maximum absolute atomic E-state index is 10.4. The monoisotopic (exact) mass is 437 g/mol. The Morgan fingerprint density at radius 1 is 1.00 bits per heavy atom. The molecule has 0 saturated carbocycles. The Balaban J connectivity index is 1.39. The summed E-state index contributed by atoms with van der Waals surface area (Å²) in [7, 11) is 2.00. The van der Waals surface area contributed by atoms with Crippen LogP contribution in [0.1, 0.15) is 28.1 Å². The smallest absolute Gasteiger partial charge is 0.122 e. The summed E-state index contributed by atoms with van der Waals surface area (Å²) in [5.74, 6) is 1.67. The van der Waals surface area contributed by atoms with Crippen LogP contribution in [0.3, 0.4) is 0 Å². The van der Waals surface area contributed by atoms with E-state index in [0.717, 1.165) is 41.5 Å². The third-order valence-corrected chi connectivity index (χ3v) is 5.34. The number of aryl methyl sites for hydroxylation is 4. The minimum absolute atomic E-state index is 0.274. The summed E-state index contributed by atoms with van der Waals surface area (Å²) in [5, 5.41) is 14.8. The first-order valence-electron chi connectivity index (χ1n) is 11.1. The molecule has 0 bridgehead atoms. The lowest BCUT2D eigenvalue weighted by molar-refractivity contribution is 0.0741. The van der Waals surface area contributed by atoms with Gasteiger partial charge in [-0.1, -0.05) is 29.8 Å². The number of aliphatic hydroxyl groups excluding tert-OH is 1. The van der Waals surface area contributed by atoms with Crippen molar-refractivity contribution in [2.75, 3.05) is 26.8 Å². The lowest BCUT2D eigenvalue weighted by Crippen LogP contribution is -2.32. The first-order valence-corrected chi connectivity index (χ1v) is 11.1. The Hall–Kier alpha value is -2.83. The molecule has 3 rings (SSSR count). The van der Waals surface area contributed by atoms with Crippen LogP contribution in [0.2, 0.25) is 0 Å². The molecule has 1 atom stereocenters. The summed E-state index contributed by atoms with van der Waals surface area (Å²) in [6, 6.07) is 16.2. The van der Waals surface area contributed by atoms with Crippen LogP contribution >= 0.6 is 0 Å². The summed E-state index contributed by atoms with van der Waals surface area (Å²) in [4.78, 5) is 2.09. The van der Waals surface area contributed by atoms with Gasteiger partial charge < -0.3 is 14.6 Å². The Morgan fingerprint density at radius 2 is 1.75 bits per heavy atom. The Kier molecular flexibility index (Phi) is 8.31. The van der Waals surface area contributed by atoms with Gasteiger partial charge in [-0.3, -0.25) is 9.58 Å². The van der Waals surface area contributed by atoms with Crippen molar-refractivity contribution < 1.29 is 14.6 Å². The summed E-state index contributed by atoms with van der Waals surface area (Å²) in [6.07, 6.45) is -0.558. The third-order valence-electron chi connectivity index (χ3n) is 5.34. The number of likely N-dealkylation sites (N-methyl/N-ethyl adjacent to an activating group) is 1. The van der Waals surface area contributed by atoms with Crippen molar-refractivity contribution in [2.24, 2.45) is 0 Å². The van der Waals surface area contributed by atoms with Crippen LogP contribution in [0, 0.1) is 27.7 Å². The molecule has 0 radical (unpaired) electrons. The molecule has 6 nitrogen and oxygen atoms in total. The fourth-order valence-corrected chi connectivity index (χ4v) is 3.78. The highest BCUT2D eigenvalue weighted by Crippen LogP contribution is 2.19. The van der Waals surface area contributed by atoms with E-state index in [1.165, 1.54) is 11.1 Å². The molecule has 1 heterocycles. The maximum Gasteiger partial charge on any atom is 0.122 e. The normalized spacial score (nSPS) is 12.2. The van der Waals surface area contributed by atoms with Gasteiger partial charge in [0.1, 0.15) is 30.8 Å². The van der Waals surface area contributed by atoms with Gasteiger partial charge in [0.05, 0.1) is 12.2 Å². The Labute approximate surface area is 191 Å². The second-order valence-corrected chi connectivity index (χ2v) is 8.57. The summed E-state index contributed by atoms with van der Waals surface area (Å²) >= 11 is 0. The van der Waals surface area contributed by atoms with E-state index < -0.39 is 6.10 Å². The molecule has 0 aliphatic heterocycles. The van der Waals surface area contributed by atoms with Crippen molar-refractivity contribution in [3.8, 4) is 11.5 Å². The highest BCUT2D eigenvalue weighted by molar-refractivity contribution is 5.35. The lowest BCUT2D eigenvalue weighted by atomic mass is 10.1. The molecule has 1 aromatic heterocycles. The van der Waals surface area contributed by atoms with Gasteiger partial charge in [0.15, 0.2) is 0 Å². The molecule has 3 aromatic rings. The number of aliphatic hydroxyl groups is 1. The number of hydrogen-bond acceptors (Lipinski definition) is 5. The van der Waals surface area contributed by atoms with Crippen molar-refractivity contribution >= 4 is 0 Å². The number of ether oxygens (including phenoxy) is 2. The summed E-state index contributed by atoms with van der Waals surface area (Å²) < 4.78 is 13.6. The molecule has 0 amide bonds. The number of aromatic nitrogens is 2. The molecular weight excluding hydrogens is 402 g/mol. The summed E-state index contributed by atoms with van der Waals surface area (Å²) in [5.41, 5.74) is 5.63. The van der Waals surface area contributed by atoms with E-state index in [1.807, 2.05) is 49.8 Å². The van der Waals surface area contributed by atoms with Crippen molar-refractivity contribution in [1.82, 2.24) is 14.7 Å². The van der Waals surface area contributed by atoms with Gasteiger partial charge in [-0.25, -0.2) is 0 Å². The highest BCUT2D eigenvalue weighted by atomic mass is 16.5. The molecule has 6 heteroatoms.